The second-order valence-corrected chi connectivity index (χ2v) is 15.1. The highest BCUT2D eigenvalue weighted by molar-refractivity contribution is 7.92. The van der Waals surface area contributed by atoms with Crippen LogP contribution in [0, 0.1) is 0 Å². The van der Waals surface area contributed by atoms with Crippen LogP contribution in [0.25, 0.3) is 0 Å². The van der Waals surface area contributed by atoms with Crippen molar-refractivity contribution in [2.45, 2.75) is 50.2 Å². The van der Waals surface area contributed by atoms with Crippen LogP contribution in [0.1, 0.15) is 31.9 Å². The summed E-state index contributed by atoms with van der Waals surface area (Å²) in [6.45, 7) is 4.81. The molecule has 4 aromatic rings. The van der Waals surface area contributed by atoms with Gasteiger partial charge in [-0.3, -0.25) is 13.9 Å². The summed E-state index contributed by atoms with van der Waals surface area (Å²) in [6, 6.07) is 25.2. The van der Waals surface area contributed by atoms with Crippen LogP contribution in [0.4, 0.5) is 5.69 Å². The molecule has 12 heteroatoms. The molecule has 0 aliphatic carbocycles. The molecule has 0 unspecified atom stereocenters. The molecule has 0 saturated carbocycles. The molecule has 0 aromatic heterocycles. The lowest BCUT2D eigenvalue weighted by Crippen LogP contribution is -2.56. The molecular weight excluding hydrogens is 688 g/mol. The third kappa shape index (κ3) is 9.17. The van der Waals surface area contributed by atoms with Gasteiger partial charge in [-0.05, 0) is 74.4 Å². The normalized spacial score (nSPS) is 12.3. The third-order valence-electron chi connectivity index (χ3n) is 6.91. The van der Waals surface area contributed by atoms with E-state index in [1.807, 2.05) is 51.1 Å². The fourth-order valence-electron chi connectivity index (χ4n) is 4.73. The van der Waals surface area contributed by atoms with Crippen LogP contribution in [-0.2, 0) is 32.6 Å². The Morgan fingerprint density at radius 1 is 0.739 bits per heavy atom. The molecule has 4 rings (SSSR count). The van der Waals surface area contributed by atoms with Crippen molar-refractivity contribution < 1.29 is 18.0 Å². The van der Waals surface area contributed by atoms with E-state index in [4.69, 9.17) is 46.4 Å². The molecule has 1 atom stereocenters. The summed E-state index contributed by atoms with van der Waals surface area (Å²) in [5, 5.41) is 3.92. The van der Waals surface area contributed by atoms with Crippen molar-refractivity contribution in [2.24, 2.45) is 0 Å². The molecule has 0 saturated heterocycles. The number of hydrogen-bond donors (Lipinski definition) is 1. The molecule has 0 aliphatic heterocycles. The lowest BCUT2D eigenvalue weighted by molar-refractivity contribution is -0.140. The predicted octanol–water partition coefficient (Wildman–Crippen LogP) is 8.05. The molecule has 7 nitrogen and oxygen atoms in total. The number of rotatable bonds is 11. The Kier molecular flexibility index (Phi) is 11.7. The summed E-state index contributed by atoms with van der Waals surface area (Å²) < 4.78 is 29.1. The SMILES string of the molecule is CC(C)(C)NC(=O)[C@@H](Cc1ccccc1)N(Cc1ccc(Cl)c(Cl)c1)C(=O)CN(c1ccc(Cl)c(Cl)c1)S(=O)(=O)c1ccccc1. The fraction of sp³-hybridized carbons (Fsp3) is 0.235. The molecule has 0 fully saturated rings. The number of hydrogen-bond acceptors (Lipinski definition) is 4. The molecule has 242 valence electrons. The van der Waals surface area contributed by atoms with Gasteiger partial charge in [0.25, 0.3) is 10.0 Å². The maximum Gasteiger partial charge on any atom is 0.264 e. The molecule has 46 heavy (non-hydrogen) atoms. The molecule has 0 bridgehead atoms. The average molecular weight is 722 g/mol. The lowest BCUT2D eigenvalue weighted by Gasteiger charge is -2.35. The van der Waals surface area contributed by atoms with Crippen molar-refractivity contribution in [2.75, 3.05) is 10.8 Å². The fourth-order valence-corrected chi connectivity index (χ4v) is 6.77. The van der Waals surface area contributed by atoms with Gasteiger partial charge < -0.3 is 10.2 Å². The van der Waals surface area contributed by atoms with E-state index >= 15 is 0 Å². The van der Waals surface area contributed by atoms with Crippen molar-refractivity contribution in [1.29, 1.82) is 0 Å². The van der Waals surface area contributed by atoms with Crippen LogP contribution in [0.5, 0.6) is 0 Å². The molecule has 4 aromatic carbocycles. The summed E-state index contributed by atoms with van der Waals surface area (Å²) in [5.74, 6) is -1.04. The van der Waals surface area contributed by atoms with Crippen LogP contribution in [0.15, 0.2) is 102 Å². The van der Waals surface area contributed by atoms with E-state index in [1.54, 1.807) is 36.4 Å². The van der Waals surface area contributed by atoms with Crippen molar-refractivity contribution in [1.82, 2.24) is 10.2 Å². The van der Waals surface area contributed by atoms with Crippen LogP contribution < -0.4 is 9.62 Å². The summed E-state index contributed by atoms with van der Waals surface area (Å²) in [4.78, 5) is 29.8. The largest absolute Gasteiger partial charge is 0.350 e. The standard InChI is InChI=1S/C34H33Cl4N3O4S/c1-34(2,3)39-33(43)31(19-23-10-6-4-7-11-23)40(21-24-14-16-27(35)29(37)18-24)32(42)22-41(25-15-17-28(36)30(38)20-25)46(44,45)26-12-8-5-9-13-26/h4-18,20,31H,19,21-22H2,1-3H3,(H,39,43)/t31-/m1/s1. The van der Waals surface area contributed by atoms with Crippen LogP contribution in [0.2, 0.25) is 20.1 Å². The Bertz CT molecular complexity index is 1800. The van der Waals surface area contributed by atoms with E-state index in [-0.39, 0.29) is 38.6 Å². The predicted molar refractivity (Wildman–Crippen MR) is 186 cm³/mol. The number of halogens is 4. The van der Waals surface area contributed by atoms with E-state index in [0.29, 0.717) is 10.6 Å². The molecule has 0 radical (unpaired) electrons. The van der Waals surface area contributed by atoms with Gasteiger partial charge >= 0.3 is 0 Å². The molecule has 1 N–H and O–H groups in total. The summed E-state index contributed by atoms with van der Waals surface area (Å²) in [7, 11) is -4.29. The maximum atomic E-state index is 14.5. The Hall–Kier alpha value is -3.27. The number of benzene rings is 4. The van der Waals surface area contributed by atoms with Gasteiger partial charge in [-0.15, -0.1) is 0 Å². The first-order valence-corrected chi connectivity index (χ1v) is 17.2. The quantitative estimate of drug-likeness (QED) is 0.170. The van der Waals surface area contributed by atoms with Gasteiger partial charge in [-0.25, -0.2) is 8.42 Å². The van der Waals surface area contributed by atoms with E-state index in [0.717, 1.165) is 9.87 Å². The zero-order valence-corrected chi connectivity index (χ0v) is 29.2. The molecule has 2 amide bonds. The third-order valence-corrected chi connectivity index (χ3v) is 10.2. The Morgan fingerprint density at radius 3 is 1.87 bits per heavy atom. The summed E-state index contributed by atoms with van der Waals surface area (Å²) >= 11 is 25.0. The smallest absolute Gasteiger partial charge is 0.264 e. The highest BCUT2D eigenvalue weighted by atomic mass is 35.5. The number of carbonyl (C=O) groups excluding carboxylic acids is 2. The topological polar surface area (TPSA) is 86.8 Å². The zero-order valence-electron chi connectivity index (χ0n) is 25.4. The number of nitrogens with zero attached hydrogens (tertiary/aromatic N) is 2. The van der Waals surface area contributed by atoms with Crippen LogP contribution in [-0.4, -0.2) is 43.3 Å². The Morgan fingerprint density at radius 2 is 1.30 bits per heavy atom. The summed E-state index contributed by atoms with van der Waals surface area (Å²) in [6.07, 6.45) is 0.161. The maximum absolute atomic E-state index is 14.5. The minimum atomic E-state index is -4.29. The minimum absolute atomic E-state index is 0.0313. The van der Waals surface area contributed by atoms with Gasteiger partial charge in [0.2, 0.25) is 11.8 Å². The van der Waals surface area contributed by atoms with E-state index in [2.05, 4.69) is 5.32 Å². The van der Waals surface area contributed by atoms with Gasteiger partial charge in [0.05, 0.1) is 30.7 Å². The first-order valence-electron chi connectivity index (χ1n) is 14.3. The van der Waals surface area contributed by atoms with E-state index < -0.39 is 40.0 Å². The van der Waals surface area contributed by atoms with Crippen LogP contribution in [0.3, 0.4) is 0 Å². The van der Waals surface area contributed by atoms with Crippen molar-refractivity contribution >= 4 is 73.9 Å². The number of carbonyl (C=O) groups is 2. The van der Waals surface area contributed by atoms with Gasteiger partial charge in [-0.1, -0.05) is 101 Å². The Balaban J connectivity index is 1.84. The average Bonchev–Trinajstić information content (AvgIpc) is 3.00. The van der Waals surface area contributed by atoms with E-state index in [9.17, 15) is 18.0 Å². The highest BCUT2D eigenvalue weighted by Gasteiger charge is 2.35. The van der Waals surface area contributed by atoms with Crippen molar-refractivity contribution in [3.63, 3.8) is 0 Å². The first kappa shape index (κ1) is 35.6. The Labute approximate surface area is 290 Å². The highest BCUT2D eigenvalue weighted by Crippen LogP contribution is 2.31. The number of amides is 2. The molecule has 0 heterocycles. The van der Waals surface area contributed by atoms with Gasteiger partial charge in [0.1, 0.15) is 12.6 Å². The van der Waals surface area contributed by atoms with Gasteiger partial charge in [-0.2, -0.15) is 0 Å². The second-order valence-electron chi connectivity index (χ2n) is 11.6. The number of sulfonamides is 1. The first-order chi connectivity index (χ1) is 21.7. The lowest BCUT2D eigenvalue weighted by atomic mass is 10.0. The molecular formula is C34H33Cl4N3O4S. The second kappa shape index (κ2) is 15.1. The van der Waals surface area contributed by atoms with Crippen molar-refractivity contribution in [3.05, 3.63) is 128 Å². The van der Waals surface area contributed by atoms with Gasteiger partial charge in [0.15, 0.2) is 0 Å². The number of anilines is 1. The molecule has 0 aliphatic rings. The molecule has 0 spiro atoms. The minimum Gasteiger partial charge on any atom is -0.350 e. The van der Waals surface area contributed by atoms with E-state index in [1.165, 1.54) is 35.2 Å². The van der Waals surface area contributed by atoms with Crippen molar-refractivity contribution in [3.8, 4) is 0 Å². The monoisotopic (exact) mass is 719 g/mol. The van der Waals surface area contributed by atoms with Crippen LogP contribution >= 0.6 is 46.4 Å². The van der Waals surface area contributed by atoms with Gasteiger partial charge in [0, 0.05) is 18.5 Å². The number of nitrogens with one attached hydrogen (secondary N) is 1. The summed E-state index contributed by atoms with van der Waals surface area (Å²) in [5.41, 5.74) is 0.908. The zero-order chi connectivity index (χ0) is 33.6.